The monoisotopic (exact) mass is 369 g/mol. The summed E-state index contributed by atoms with van der Waals surface area (Å²) in [7, 11) is 4.12. The van der Waals surface area contributed by atoms with Gasteiger partial charge in [0, 0.05) is 69.7 Å². The highest BCUT2D eigenvalue weighted by Gasteiger charge is 2.41. The van der Waals surface area contributed by atoms with Crippen molar-refractivity contribution in [1.82, 2.24) is 24.7 Å². The lowest BCUT2D eigenvalue weighted by molar-refractivity contribution is -0.129. The van der Waals surface area contributed by atoms with Crippen LogP contribution in [0.25, 0.3) is 11.6 Å². The number of carbonyl (C=O) groups excluding carboxylic acids is 1. The highest BCUT2D eigenvalue weighted by atomic mass is 16.3. The van der Waals surface area contributed by atoms with Crippen molar-refractivity contribution in [2.45, 2.75) is 31.3 Å². The Morgan fingerprint density at radius 2 is 1.96 bits per heavy atom. The van der Waals surface area contributed by atoms with Crippen molar-refractivity contribution in [3.8, 4) is 11.6 Å². The Morgan fingerprint density at radius 1 is 1.15 bits per heavy atom. The highest BCUT2D eigenvalue weighted by molar-refractivity contribution is 5.76. The Bertz CT molecular complexity index is 776. The fourth-order valence-electron chi connectivity index (χ4n) is 4.20. The lowest BCUT2D eigenvalue weighted by Crippen LogP contribution is -2.60. The van der Waals surface area contributed by atoms with Crippen LogP contribution in [0.2, 0.25) is 0 Å². The molecule has 0 bridgehead atoms. The molecule has 0 aliphatic carbocycles. The Labute approximate surface area is 160 Å². The predicted octanol–water partition coefficient (Wildman–Crippen LogP) is 1.87. The van der Waals surface area contributed by atoms with Crippen molar-refractivity contribution in [3.63, 3.8) is 0 Å². The van der Waals surface area contributed by atoms with Gasteiger partial charge in [-0.3, -0.25) is 14.6 Å². The molecule has 0 radical (unpaired) electrons. The average Bonchev–Trinajstić information content (AvgIpc) is 3.18. The molecule has 7 heteroatoms. The van der Waals surface area contributed by atoms with Gasteiger partial charge in [0.25, 0.3) is 0 Å². The molecule has 0 aromatic carbocycles. The lowest BCUT2D eigenvalue weighted by Gasteiger charge is -2.49. The molecule has 2 aliphatic heterocycles. The highest BCUT2D eigenvalue weighted by Crippen LogP contribution is 2.32. The zero-order chi connectivity index (χ0) is 18.9. The van der Waals surface area contributed by atoms with Gasteiger partial charge in [-0.05, 0) is 32.0 Å². The molecule has 144 valence electrons. The summed E-state index contributed by atoms with van der Waals surface area (Å²) in [6.45, 7) is 4.67. The number of piperazine rings is 1. The van der Waals surface area contributed by atoms with Crippen LogP contribution in [0.15, 0.2) is 35.2 Å². The molecule has 0 saturated carbocycles. The summed E-state index contributed by atoms with van der Waals surface area (Å²) in [5, 5.41) is 0. The van der Waals surface area contributed by atoms with Gasteiger partial charge in [-0.25, -0.2) is 9.97 Å². The first kappa shape index (κ1) is 18.1. The van der Waals surface area contributed by atoms with Crippen molar-refractivity contribution < 1.29 is 9.21 Å². The minimum atomic E-state index is 0.0770. The van der Waals surface area contributed by atoms with E-state index in [2.05, 4.69) is 26.8 Å². The molecule has 1 spiro atoms. The van der Waals surface area contributed by atoms with Crippen LogP contribution >= 0.6 is 0 Å². The second kappa shape index (κ2) is 7.40. The Hall–Kier alpha value is -2.25. The number of hydrogen-bond acceptors (Lipinski definition) is 6. The maximum atomic E-state index is 12.1. The Balaban J connectivity index is 1.44. The van der Waals surface area contributed by atoms with Crippen molar-refractivity contribution in [3.05, 3.63) is 36.4 Å². The van der Waals surface area contributed by atoms with Gasteiger partial charge in [0.1, 0.15) is 0 Å². The third-order valence-electron chi connectivity index (χ3n) is 6.07. The van der Waals surface area contributed by atoms with E-state index < -0.39 is 0 Å². The van der Waals surface area contributed by atoms with Crippen LogP contribution in [0.3, 0.4) is 0 Å². The van der Waals surface area contributed by atoms with Crippen LogP contribution in [-0.4, -0.2) is 76.4 Å². The fourth-order valence-corrected chi connectivity index (χ4v) is 4.20. The summed E-state index contributed by atoms with van der Waals surface area (Å²) in [6.07, 6.45) is 7.99. The minimum Gasteiger partial charge on any atom is -0.461 e. The van der Waals surface area contributed by atoms with Crippen molar-refractivity contribution in [1.29, 1.82) is 0 Å². The zero-order valence-corrected chi connectivity index (χ0v) is 16.1. The number of carbonyl (C=O) groups is 1. The topological polar surface area (TPSA) is 65.7 Å². The van der Waals surface area contributed by atoms with Gasteiger partial charge in [0.2, 0.25) is 5.91 Å². The summed E-state index contributed by atoms with van der Waals surface area (Å²) in [4.78, 5) is 27.8. The Kier molecular flexibility index (Phi) is 4.97. The molecule has 2 aromatic rings. The van der Waals surface area contributed by atoms with E-state index in [0.717, 1.165) is 51.1 Å². The second-order valence-electron chi connectivity index (χ2n) is 7.81. The first-order valence-corrected chi connectivity index (χ1v) is 9.58. The van der Waals surface area contributed by atoms with Gasteiger partial charge in [-0.2, -0.15) is 0 Å². The van der Waals surface area contributed by atoms with Crippen molar-refractivity contribution >= 4 is 5.91 Å². The van der Waals surface area contributed by atoms with E-state index in [1.807, 2.05) is 36.5 Å². The van der Waals surface area contributed by atoms with E-state index >= 15 is 0 Å². The normalized spacial score (nSPS) is 25.1. The fraction of sp³-hybridized carbons (Fsp3) is 0.550. The number of rotatable bonds is 3. The van der Waals surface area contributed by atoms with Crippen molar-refractivity contribution in [2.24, 2.45) is 0 Å². The summed E-state index contributed by atoms with van der Waals surface area (Å²) in [5.41, 5.74) is 1.18. The first-order valence-electron chi connectivity index (χ1n) is 9.58. The van der Waals surface area contributed by atoms with E-state index in [1.54, 1.807) is 6.26 Å². The van der Waals surface area contributed by atoms with Gasteiger partial charge in [-0.15, -0.1) is 0 Å². The summed E-state index contributed by atoms with van der Waals surface area (Å²) in [5.74, 6) is 1.57. The molecule has 2 aliphatic rings. The lowest BCUT2D eigenvalue weighted by atomic mass is 9.86. The van der Waals surface area contributed by atoms with Crippen LogP contribution in [0, 0.1) is 0 Å². The standard InChI is InChI=1S/C20H27N5O2/c1-23-8-7-20(6-5-18(23)26)15-25(10-9-24(20)2)14-16-12-21-19(22-13-16)17-4-3-11-27-17/h3-4,11-13H,5-10,14-15H2,1-2H3/t20-/m1/s1. The Morgan fingerprint density at radius 3 is 2.70 bits per heavy atom. The zero-order valence-electron chi connectivity index (χ0n) is 16.1. The maximum absolute atomic E-state index is 12.1. The molecule has 0 N–H and O–H groups in total. The van der Waals surface area contributed by atoms with Crippen LogP contribution in [-0.2, 0) is 11.3 Å². The third-order valence-corrected chi connectivity index (χ3v) is 6.07. The second-order valence-corrected chi connectivity index (χ2v) is 7.81. The van der Waals surface area contributed by atoms with E-state index in [-0.39, 0.29) is 11.4 Å². The number of likely N-dealkylation sites (N-methyl/N-ethyl adjacent to an activating group) is 1. The summed E-state index contributed by atoms with van der Waals surface area (Å²) in [6, 6.07) is 3.70. The van der Waals surface area contributed by atoms with Gasteiger partial charge >= 0.3 is 0 Å². The molecule has 27 heavy (non-hydrogen) atoms. The van der Waals surface area contributed by atoms with E-state index in [4.69, 9.17) is 4.42 Å². The first-order chi connectivity index (χ1) is 13.1. The number of likely N-dealkylation sites (tertiary alicyclic amines) is 1. The smallest absolute Gasteiger partial charge is 0.222 e. The van der Waals surface area contributed by atoms with Gasteiger partial charge < -0.3 is 9.32 Å². The summed E-state index contributed by atoms with van der Waals surface area (Å²) < 4.78 is 5.35. The molecule has 4 rings (SSSR count). The predicted molar refractivity (Wildman–Crippen MR) is 102 cm³/mol. The SMILES string of the molecule is CN1CC[C@]2(CCC1=O)CN(Cc1cnc(-c3ccco3)nc1)CCN2C. The molecule has 1 atom stereocenters. The number of aromatic nitrogens is 2. The molecule has 7 nitrogen and oxygen atoms in total. The quantitative estimate of drug-likeness (QED) is 0.823. The minimum absolute atomic E-state index is 0.0770. The number of furan rings is 1. The maximum Gasteiger partial charge on any atom is 0.222 e. The van der Waals surface area contributed by atoms with Crippen LogP contribution in [0.5, 0.6) is 0 Å². The largest absolute Gasteiger partial charge is 0.461 e. The van der Waals surface area contributed by atoms with Gasteiger partial charge in [0.05, 0.1) is 6.26 Å². The van der Waals surface area contributed by atoms with Crippen molar-refractivity contribution in [2.75, 3.05) is 40.3 Å². The van der Waals surface area contributed by atoms with E-state index in [1.165, 1.54) is 0 Å². The van der Waals surface area contributed by atoms with Gasteiger partial charge in [-0.1, -0.05) is 0 Å². The molecule has 1 amide bonds. The molecule has 2 saturated heterocycles. The molecule has 2 fully saturated rings. The number of nitrogens with zero attached hydrogens (tertiary/aromatic N) is 5. The van der Waals surface area contributed by atoms with Crippen LogP contribution in [0.4, 0.5) is 0 Å². The third kappa shape index (κ3) is 3.75. The summed E-state index contributed by atoms with van der Waals surface area (Å²) >= 11 is 0. The molecule has 0 unspecified atom stereocenters. The van der Waals surface area contributed by atoms with Gasteiger partial charge in [0.15, 0.2) is 11.6 Å². The molecular formula is C20H27N5O2. The van der Waals surface area contributed by atoms with Crippen LogP contribution in [0.1, 0.15) is 24.8 Å². The number of hydrogen-bond donors (Lipinski definition) is 0. The average molecular weight is 369 g/mol. The van der Waals surface area contributed by atoms with E-state index in [0.29, 0.717) is 18.0 Å². The van der Waals surface area contributed by atoms with E-state index in [9.17, 15) is 4.79 Å². The number of amides is 1. The molecule has 2 aromatic heterocycles. The van der Waals surface area contributed by atoms with Crippen LogP contribution < -0.4 is 0 Å². The molecule has 4 heterocycles. The molecular weight excluding hydrogens is 342 g/mol.